The number of rotatable bonds is 3. The first kappa shape index (κ1) is 16.6. The zero-order valence-electron chi connectivity index (χ0n) is 15.1. The Balaban J connectivity index is 1.62. The Bertz CT molecular complexity index is 900. The van der Waals surface area contributed by atoms with Gasteiger partial charge in [-0.05, 0) is 11.0 Å². The van der Waals surface area contributed by atoms with E-state index in [0.717, 1.165) is 5.56 Å². The molecule has 1 atom stereocenters. The van der Waals surface area contributed by atoms with E-state index in [9.17, 15) is 4.79 Å². The second kappa shape index (κ2) is 6.45. The summed E-state index contributed by atoms with van der Waals surface area (Å²) in [6, 6.07) is 20.1. The van der Waals surface area contributed by atoms with Gasteiger partial charge >= 0.3 is 0 Å². The van der Waals surface area contributed by atoms with Crippen LogP contribution >= 0.6 is 0 Å². The molecule has 2 aromatic carbocycles. The summed E-state index contributed by atoms with van der Waals surface area (Å²) in [5, 5.41) is 4.07. The van der Waals surface area contributed by atoms with Crippen LogP contribution in [0.1, 0.15) is 35.7 Å². The summed E-state index contributed by atoms with van der Waals surface area (Å²) in [4.78, 5) is 15.1. The van der Waals surface area contributed by atoms with E-state index in [1.807, 2.05) is 41.3 Å². The average Bonchev–Trinajstić information content (AvgIpc) is 3.27. The molecular formula is C22H22N2O2. The zero-order chi connectivity index (χ0) is 18.1. The third kappa shape index (κ3) is 2.92. The molecule has 1 aromatic heterocycles. The lowest BCUT2D eigenvalue weighted by Crippen LogP contribution is -2.30. The summed E-state index contributed by atoms with van der Waals surface area (Å²) >= 11 is 0. The smallest absolute Gasteiger partial charge is 0.259 e. The quantitative estimate of drug-likeness (QED) is 0.696. The summed E-state index contributed by atoms with van der Waals surface area (Å²) < 4.78 is 5.15. The summed E-state index contributed by atoms with van der Waals surface area (Å²) in [6.45, 7) is 5.87. The van der Waals surface area contributed by atoms with Crippen LogP contribution in [0.15, 0.2) is 71.4 Å². The molecule has 0 saturated carbocycles. The number of aromatic nitrogens is 1. The van der Waals surface area contributed by atoms with Crippen molar-refractivity contribution in [3.8, 4) is 11.3 Å². The van der Waals surface area contributed by atoms with Gasteiger partial charge < -0.3 is 9.42 Å². The first-order chi connectivity index (χ1) is 12.6. The molecule has 1 unspecified atom stereocenters. The van der Waals surface area contributed by atoms with Crippen molar-refractivity contribution in [3.05, 3.63) is 78.1 Å². The lowest BCUT2D eigenvalue weighted by molar-refractivity contribution is 0.0778. The molecule has 132 valence electrons. The Morgan fingerprint density at radius 2 is 1.73 bits per heavy atom. The number of hydrogen-bond donors (Lipinski definition) is 0. The van der Waals surface area contributed by atoms with Gasteiger partial charge in [0.2, 0.25) is 0 Å². The normalized spacial score (nSPS) is 18.8. The van der Waals surface area contributed by atoms with E-state index in [4.69, 9.17) is 4.52 Å². The predicted molar refractivity (Wildman–Crippen MR) is 101 cm³/mol. The van der Waals surface area contributed by atoms with Gasteiger partial charge in [0.05, 0.1) is 0 Å². The van der Waals surface area contributed by atoms with Gasteiger partial charge in [-0.3, -0.25) is 4.79 Å². The molecule has 1 aliphatic rings. The van der Waals surface area contributed by atoms with Crippen molar-refractivity contribution >= 4 is 5.91 Å². The fourth-order valence-electron chi connectivity index (χ4n) is 3.89. The molecule has 4 nitrogen and oxygen atoms in total. The highest BCUT2D eigenvalue weighted by Crippen LogP contribution is 2.43. The molecule has 1 aliphatic heterocycles. The zero-order valence-corrected chi connectivity index (χ0v) is 15.1. The molecule has 0 N–H and O–H groups in total. The van der Waals surface area contributed by atoms with E-state index in [2.05, 4.69) is 43.3 Å². The maximum atomic E-state index is 13.2. The van der Waals surface area contributed by atoms with Crippen molar-refractivity contribution in [1.82, 2.24) is 10.1 Å². The van der Waals surface area contributed by atoms with Crippen molar-refractivity contribution in [2.24, 2.45) is 5.41 Å². The lowest BCUT2D eigenvalue weighted by atomic mass is 9.78. The van der Waals surface area contributed by atoms with Crippen LogP contribution in [0.25, 0.3) is 11.3 Å². The van der Waals surface area contributed by atoms with Gasteiger partial charge in [-0.1, -0.05) is 79.7 Å². The Morgan fingerprint density at radius 1 is 1.08 bits per heavy atom. The Morgan fingerprint density at radius 3 is 2.42 bits per heavy atom. The fraction of sp³-hybridized carbons (Fsp3) is 0.273. The van der Waals surface area contributed by atoms with Gasteiger partial charge in [0.15, 0.2) is 0 Å². The maximum Gasteiger partial charge on any atom is 0.259 e. The average molecular weight is 346 g/mol. The van der Waals surface area contributed by atoms with Gasteiger partial charge in [0.25, 0.3) is 5.91 Å². The fourth-order valence-corrected chi connectivity index (χ4v) is 3.89. The van der Waals surface area contributed by atoms with Gasteiger partial charge in [-0.25, -0.2) is 0 Å². The lowest BCUT2D eigenvalue weighted by Gasteiger charge is -2.25. The number of benzene rings is 2. The molecule has 3 aromatic rings. The van der Waals surface area contributed by atoms with Crippen LogP contribution in [0, 0.1) is 5.41 Å². The molecule has 4 heteroatoms. The van der Waals surface area contributed by atoms with E-state index < -0.39 is 0 Å². The number of likely N-dealkylation sites (tertiary alicyclic amines) is 1. The molecule has 1 saturated heterocycles. The minimum Gasteiger partial charge on any atom is -0.363 e. The standard InChI is InChI=1S/C22H22N2O2/c1-22(2)15-24(13-19(22)16-9-5-3-6-10-16)21(25)18-14-26-23-20(18)17-11-7-4-8-12-17/h3-12,14,19H,13,15H2,1-2H3. The molecule has 26 heavy (non-hydrogen) atoms. The molecule has 1 amide bonds. The highest BCUT2D eigenvalue weighted by Gasteiger charge is 2.42. The van der Waals surface area contributed by atoms with Crippen LogP contribution < -0.4 is 0 Å². The highest BCUT2D eigenvalue weighted by molar-refractivity contribution is 5.99. The second-order valence-electron chi connectivity index (χ2n) is 7.58. The Labute approximate surface area is 153 Å². The van der Waals surface area contributed by atoms with Crippen LogP contribution in [-0.4, -0.2) is 29.1 Å². The number of carbonyl (C=O) groups excluding carboxylic acids is 1. The number of nitrogens with zero attached hydrogens (tertiary/aromatic N) is 2. The Hall–Kier alpha value is -2.88. The van der Waals surface area contributed by atoms with E-state index in [1.54, 1.807) is 0 Å². The summed E-state index contributed by atoms with van der Waals surface area (Å²) in [6.07, 6.45) is 1.47. The largest absolute Gasteiger partial charge is 0.363 e. The minimum atomic E-state index is -0.0170. The summed E-state index contributed by atoms with van der Waals surface area (Å²) in [5.41, 5.74) is 3.32. The minimum absolute atomic E-state index is 0.0150. The van der Waals surface area contributed by atoms with Crippen molar-refractivity contribution in [2.75, 3.05) is 13.1 Å². The van der Waals surface area contributed by atoms with Gasteiger partial charge in [0.1, 0.15) is 17.5 Å². The van der Waals surface area contributed by atoms with E-state index in [-0.39, 0.29) is 11.3 Å². The third-order valence-electron chi connectivity index (χ3n) is 5.28. The highest BCUT2D eigenvalue weighted by atomic mass is 16.5. The third-order valence-corrected chi connectivity index (χ3v) is 5.28. The van der Waals surface area contributed by atoms with Gasteiger partial charge in [-0.2, -0.15) is 0 Å². The van der Waals surface area contributed by atoms with Crippen LogP contribution in [0.5, 0.6) is 0 Å². The molecule has 4 rings (SSSR count). The van der Waals surface area contributed by atoms with Crippen LogP contribution in [0.3, 0.4) is 0 Å². The van der Waals surface area contributed by atoms with Crippen LogP contribution in [0.2, 0.25) is 0 Å². The summed E-state index contributed by atoms with van der Waals surface area (Å²) in [5.74, 6) is 0.296. The predicted octanol–water partition coefficient (Wildman–Crippen LogP) is 4.61. The topological polar surface area (TPSA) is 46.3 Å². The number of hydrogen-bond acceptors (Lipinski definition) is 3. The van der Waals surface area contributed by atoms with E-state index in [1.165, 1.54) is 11.8 Å². The van der Waals surface area contributed by atoms with Gasteiger partial charge in [-0.15, -0.1) is 0 Å². The van der Waals surface area contributed by atoms with Crippen molar-refractivity contribution < 1.29 is 9.32 Å². The molecule has 0 spiro atoms. The Kier molecular flexibility index (Phi) is 4.11. The molecule has 0 bridgehead atoms. The van der Waals surface area contributed by atoms with Crippen LogP contribution in [0.4, 0.5) is 0 Å². The molecule has 0 aliphatic carbocycles. The summed E-state index contributed by atoms with van der Waals surface area (Å²) in [7, 11) is 0. The first-order valence-corrected chi connectivity index (χ1v) is 8.90. The number of amides is 1. The first-order valence-electron chi connectivity index (χ1n) is 8.90. The van der Waals surface area contributed by atoms with E-state index in [0.29, 0.717) is 30.3 Å². The second-order valence-corrected chi connectivity index (χ2v) is 7.58. The maximum absolute atomic E-state index is 13.2. The van der Waals surface area contributed by atoms with Crippen molar-refractivity contribution in [1.29, 1.82) is 0 Å². The van der Waals surface area contributed by atoms with Gasteiger partial charge in [0, 0.05) is 24.6 Å². The molecular weight excluding hydrogens is 324 g/mol. The van der Waals surface area contributed by atoms with E-state index >= 15 is 0 Å². The van der Waals surface area contributed by atoms with Crippen molar-refractivity contribution in [2.45, 2.75) is 19.8 Å². The number of carbonyl (C=O) groups is 1. The SMILES string of the molecule is CC1(C)CN(C(=O)c2conc2-c2ccccc2)CC1c1ccccc1. The monoisotopic (exact) mass is 346 g/mol. The molecule has 0 radical (unpaired) electrons. The van der Waals surface area contributed by atoms with Crippen LogP contribution in [-0.2, 0) is 0 Å². The molecule has 2 heterocycles. The van der Waals surface area contributed by atoms with Crippen molar-refractivity contribution in [3.63, 3.8) is 0 Å². The molecule has 1 fully saturated rings.